The highest BCUT2D eigenvalue weighted by atomic mass is 15.0. The monoisotopic (exact) mass is 254 g/mol. The first-order chi connectivity index (χ1) is 9.13. The molecular formula is C15H18N4. The number of nitrogen functional groups attached to an aromatic ring is 1. The summed E-state index contributed by atoms with van der Waals surface area (Å²) in [7, 11) is 0. The first kappa shape index (κ1) is 12.1. The summed E-state index contributed by atoms with van der Waals surface area (Å²) in [5.41, 5.74) is 11.3. The molecule has 2 aromatic heterocycles. The van der Waals surface area contributed by atoms with Crippen molar-refractivity contribution in [2.24, 2.45) is 0 Å². The Labute approximate surface area is 113 Å². The van der Waals surface area contributed by atoms with E-state index in [1.165, 1.54) is 12.8 Å². The lowest BCUT2D eigenvalue weighted by Gasteiger charge is -2.17. The molecule has 4 nitrogen and oxygen atoms in total. The summed E-state index contributed by atoms with van der Waals surface area (Å²) in [4.78, 5) is 13.6. The zero-order chi connectivity index (χ0) is 13.4. The summed E-state index contributed by atoms with van der Waals surface area (Å²) in [6.45, 7) is 3.97. The van der Waals surface area contributed by atoms with Crippen molar-refractivity contribution in [3.8, 4) is 11.4 Å². The first-order valence-corrected chi connectivity index (χ1v) is 6.74. The Morgan fingerprint density at radius 2 is 1.63 bits per heavy atom. The number of nitrogens with zero attached hydrogens (tertiary/aromatic N) is 3. The van der Waals surface area contributed by atoms with Crippen LogP contribution < -0.4 is 5.73 Å². The lowest BCUT2D eigenvalue weighted by Crippen LogP contribution is -2.12. The molecule has 1 aliphatic rings. The summed E-state index contributed by atoms with van der Waals surface area (Å²) in [5, 5.41) is 0. The van der Waals surface area contributed by atoms with Crippen LogP contribution in [0.25, 0.3) is 11.4 Å². The number of fused-ring (bicyclic) bond motifs is 1. The third kappa shape index (κ3) is 2.30. The third-order valence-electron chi connectivity index (χ3n) is 3.55. The number of aromatic nitrogens is 3. The van der Waals surface area contributed by atoms with E-state index >= 15 is 0 Å². The van der Waals surface area contributed by atoms with Gasteiger partial charge in [-0.3, -0.25) is 4.98 Å². The third-order valence-corrected chi connectivity index (χ3v) is 3.55. The Bertz CT molecular complexity index is 614. The van der Waals surface area contributed by atoms with Gasteiger partial charge in [0.15, 0.2) is 5.82 Å². The molecule has 0 spiro atoms. The molecule has 0 unspecified atom stereocenters. The van der Waals surface area contributed by atoms with Gasteiger partial charge in [-0.1, -0.05) is 0 Å². The molecule has 0 radical (unpaired) electrons. The maximum absolute atomic E-state index is 6.09. The highest BCUT2D eigenvalue weighted by Crippen LogP contribution is 2.27. The fourth-order valence-electron chi connectivity index (χ4n) is 2.72. The Kier molecular flexibility index (Phi) is 2.93. The summed E-state index contributed by atoms with van der Waals surface area (Å²) < 4.78 is 0. The molecule has 0 aromatic carbocycles. The molecule has 2 aromatic rings. The standard InChI is InChI=1S/C15H18N4/c1-9-7-11(8-10(2)17-9)15-18-13-6-4-3-5-12(13)14(16)19-15/h7-8H,3-6H2,1-2H3,(H2,16,18,19). The van der Waals surface area contributed by atoms with Crippen LogP contribution >= 0.6 is 0 Å². The fraction of sp³-hybridized carbons (Fsp3) is 0.400. The van der Waals surface area contributed by atoms with Crippen LogP contribution in [0.4, 0.5) is 5.82 Å². The van der Waals surface area contributed by atoms with Gasteiger partial charge < -0.3 is 5.73 Å². The second-order valence-corrected chi connectivity index (χ2v) is 5.20. The van der Waals surface area contributed by atoms with Crippen LogP contribution in [0.1, 0.15) is 35.5 Å². The van der Waals surface area contributed by atoms with Crippen molar-refractivity contribution < 1.29 is 0 Å². The van der Waals surface area contributed by atoms with Crippen LogP contribution in [0.3, 0.4) is 0 Å². The number of rotatable bonds is 1. The number of nitrogens with two attached hydrogens (primary N) is 1. The lowest BCUT2D eigenvalue weighted by molar-refractivity contribution is 0.666. The Morgan fingerprint density at radius 1 is 0.947 bits per heavy atom. The number of anilines is 1. The molecule has 0 saturated carbocycles. The number of hydrogen-bond acceptors (Lipinski definition) is 4. The smallest absolute Gasteiger partial charge is 0.161 e. The summed E-state index contributed by atoms with van der Waals surface area (Å²) in [6.07, 6.45) is 4.40. The van der Waals surface area contributed by atoms with E-state index in [1.807, 2.05) is 26.0 Å². The Hall–Kier alpha value is -1.97. The van der Waals surface area contributed by atoms with Gasteiger partial charge in [0.25, 0.3) is 0 Å². The minimum Gasteiger partial charge on any atom is -0.383 e. The SMILES string of the molecule is Cc1cc(-c2nc(N)c3c(n2)CCCC3)cc(C)n1. The highest BCUT2D eigenvalue weighted by molar-refractivity contribution is 5.60. The van der Waals surface area contributed by atoms with Gasteiger partial charge in [-0.05, 0) is 51.7 Å². The quantitative estimate of drug-likeness (QED) is 0.849. The van der Waals surface area contributed by atoms with Gasteiger partial charge in [-0.25, -0.2) is 9.97 Å². The van der Waals surface area contributed by atoms with Crippen LogP contribution in [0.5, 0.6) is 0 Å². The molecule has 2 heterocycles. The van der Waals surface area contributed by atoms with Gasteiger partial charge in [0.2, 0.25) is 0 Å². The van der Waals surface area contributed by atoms with Crippen LogP contribution in [-0.2, 0) is 12.8 Å². The highest BCUT2D eigenvalue weighted by Gasteiger charge is 2.17. The molecule has 4 heteroatoms. The second kappa shape index (κ2) is 4.61. The molecule has 0 aliphatic heterocycles. The van der Waals surface area contributed by atoms with Crippen LogP contribution in [0, 0.1) is 13.8 Å². The molecule has 3 rings (SSSR count). The van der Waals surface area contributed by atoms with E-state index in [-0.39, 0.29) is 0 Å². The van der Waals surface area contributed by atoms with Crippen molar-refractivity contribution in [1.82, 2.24) is 15.0 Å². The van der Waals surface area contributed by atoms with Gasteiger partial charge in [0, 0.05) is 28.2 Å². The minimum atomic E-state index is 0.645. The average molecular weight is 254 g/mol. The molecule has 0 atom stereocenters. The topological polar surface area (TPSA) is 64.7 Å². The summed E-state index contributed by atoms with van der Waals surface area (Å²) in [6, 6.07) is 4.02. The maximum Gasteiger partial charge on any atom is 0.161 e. The second-order valence-electron chi connectivity index (χ2n) is 5.20. The van der Waals surface area contributed by atoms with E-state index in [0.717, 1.165) is 46.9 Å². The molecular weight excluding hydrogens is 236 g/mol. The Morgan fingerprint density at radius 3 is 2.37 bits per heavy atom. The largest absolute Gasteiger partial charge is 0.383 e. The van der Waals surface area contributed by atoms with Crippen molar-refractivity contribution in [2.45, 2.75) is 39.5 Å². The average Bonchev–Trinajstić information content (AvgIpc) is 2.37. The van der Waals surface area contributed by atoms with Crippen LogP contribution in [0.15, 0.2) is 12.1 Å². The van der Waals surface area contributed by atoms with E-state index in [2.05, 4.69) is 9.97 Å². The molecule has 0 bridgehead atoms. The van der Waals surface area contributed by atoms with Crippen molar-refractivity contribution in [3.63, 3.8) is 0 Å². The van der Waals surface area contributed by atoms with Gasteiger partial charge >= 0.3 is 0 Å². The predicted octanol–water partition coefficient (Wildman–Crippen LogP) is 2.62. The van der Waals surface area contributed by atoms with E-state index in [4.69, 9.17) is 10.7 Å². The number of aryl methyl sites for hydroxylation is 3. The molecule has 0 amide bonds. The van der Waals surface area contributed by atoms with Gasteiger partial charge in [0.1, 0.15) is 5.82 Å². The normalized spacial score (nSPS) is 14.2. The first-order valence-electron chi connectivity index (χ1n) is 6.74. The maximum atomic E-state index is 6.09. The summed E-state index contributed by atoms with van der Waals surface area (Å²) >= 11 is 0. The van der Waals surface area contributed by atoms with Gasteiger partial charge in [-0.2, -0.15) is 0 Å². The van der Waals surface area contributed by atoms with Crippen molar-refractivity contribution in [2.75, 3.05) is 5.73 Å². The molecule has 2 N–H and O–H groups in total. The van der Waals surface area contributed by atoms with Gasteiger partial charge in [0.05, 0.1) is 0 Å². The Balaban J connectivity index is 2.12. The lowest BCUT2D eigenvalue weighted by atomic mass is 9.96. The minimum absolute atomic E-state index is 0.645. The predicted molar refractivity (Wildman–Crippen MR) is 75.8 cm³/mol. The molecule has 0 fully saturated rings. The van der Waals surface area contributed by atoms with E-state index in [9.17, 15) is 0 Å². The van der Waals surface area contributed by atoms with Crippen molar-refractivity contribution in [1.29, 1.82) is 0 Å². The van der Waals surface area contributed by atoms with E-state index in [1.54, 1.807) is 0 Å². The molecule has 0 saturated heterocycles. The zero-order valence-corrected chi connectivity index (χ0v) is 11.4. The van der Waals surface area contributed by atoms with E-state index in [0.29, 0.717) is 5.82 Å². The molecule has 19 heavy (non-hydrogen) atoms. The van der Waals surface area contributed by atoms with Crippen LogP contribution in [0.2, 0.25) is 0 Å². The fourth-order valence-corrected chi connectivity index (χ4v) is 2.72. The zero-order valence-electron chi connectivity index (χ0n) is 11.4. The van der Waals surface area contributed by atoms with Crippen molar-refractivity contribution >= 4 is 5.82 Å². The molecule has 1 aliphatic carbocycles. The molecule has 98 valence electrons. The van der Waals surface area contributed by atoms with E-state index < -0.39 is 0 Å². The number of hydrogen-bond donors (Lipinski definition) is 1. The number of pyridine rings is 1. The van der Waals surface area contributed by atoms with Crippen molar-refractivity contribution in [3.05, 3.63) is 34.8 Å². The summed E-state index contributed by atoms with van der Waals surface area (Å²) in [5.74, 6) is 1.37. The van der Waals surface area contributed by atoms with Crippen LogP contribution in [-0.4, -0.2) is 15.0 Å². The van der Waals surface area contributed by atoms with Gasteiger partial charge in [-0.15, -0.1) is 0 Å².